The number of unbranched alkanes of at least 4 members (excludes halogenated alkanes) is 5. The Labute approximate surface area is 178 Å². The van der Waals surface area contributed by atoms with Crippen molar-refractivity contribution in [2.75, 3.05) is 47.1 Å². The number of carbonyl (C=O) groups is 2. The number of thiophene rings is 1. The average molecular weight is 423 g/mol. The van der Waals surface area contributed by atoms with Gasteiger partial charge < -0.3 is 14.4 Å². The van der Waals surface area contributed by atoms with Crippen LogP contribution in [0.2, 0.25) is 0 Å². The average Bonchev–Trinajstić information content (AvgIpc) is 3.32. The fourth-order valence-electron chi connectivity index (χ4n) is 3.49. The van der Waals surface area contributed by atoms with E-state index in [1.54, 1.807) is 14.2 Å². The van der Waals surface area contributed by atoms with Crippen molar-refractivity contribution in [2.24, 2.45) is 0 Å². The van der Waals surface area contributed by atoms with Gasteiger partial charge >= 0.3 is 0 Å². The molecular weight excluding hydrogens is 388 g/mol. The third-order valence-corrected chi connectivity index (χ3v) is 5.98. The lowest BCUT2D eigenvalue weighted by Gasteiger charge is -2.25. The predicted molar refractivity (Wildman–Crippen MR) is 117 cm³/mol. The molecule has 1 aromatic heterocycles. The predicted octanol–water partition coefficient (Wildman–Crippen LogP) is 3.78. The minimum atomic E-state index is -0.195. The number of hydrogen-bond donors (Lipinski definition) is 0. The number of methoxy groups -OCH3 is 2. The molecule has 2 rings (SSSR count). The van der Waals surface area contributed by atoms with Crippen LogP contribution in [-0.2, 0) is 19.1 Å². The van der Waals surface area contributed by atoms with Gasteiger partial charge in [0, 0.05) is 38.7 Å². The van der Waals surface area contributed by atoms with Gasteiger partial charge in [0.1, 0.15) is 5.70 Å². The van der Waals surface area contributed by atoms with Gasteiger partial charge in [0.25, 0.3) is 11.8 Å². The Kier molecular flexibility index (Phi) is 10.4. The molecule has 0 aromatic carbocycles. The Balaban J connectivity index is 2.18. The van der Waals surface area contributed by atoms with Crippen LogP contribution < -0.4 is 0 Å². The van der Waals surface area contributed by atoms with Crippen molar-refractivity contribution in [1.82, 2.24) is 9.80 Å². The van der Waals surface area contributed by atoms with Crippen molar-refractivity contribution in [1.29, 1.82) is 0 Å². The fraction of sp³-hybridized carbons (Fsp3) is 0.636. The third kappa shape index (κ3) is 6.39. The SMILES string of the molecule is CCCCCCCCN1C(=O)C(c2cccs2)=C(N(CCOC)CCOC)C1=O. The molecule has 0 aliphatic carbocycles. The van der Waals surface area contributed by atoms with E-state index < -0.39 is 0 Å². The molecular formula is C22H34N2O4S. The molecule has 162 valence electrons. The van der Waals surface area contributed by atoms with E-state index in [4.69, 9.17) is 9.47 Å². The zero-order valence-electron chi connectivity index (χ0n) is 17.9. The lowest BCUT2D eigenvalue weighted by atomic mass is 10.1. The van der Waals surface area contributed by atoms with E-state index in [1.165, 1.54) is 35.5 Å². The van der Waals surface area contributed by atoms with Crippen molar-refractivity contribution in [3.63, 3.8) is 0 Å². The Bertz CT molecular complexity index is 664. The Morgan fingerprint density at radius 2 is 1.62 bits per heavy atom. The minimum Gasteiger partial charge on any atom is -0.383 e. The van der Waals surface area contributed by atoms with Crippen molar-refractivity contribution in [3.8, 4) is 0 Å². The molecule has 0 radical (unpaired) electrons. The van der Waals surface area contributed by atoms with Crippen molar-refractivity contribution in [2.45, 2.75) is 45.4 Å². The van der Waals surface area contributed by atoms with Crippen LogP contribution >= 0.6 is 11.3 Å². The second kappa shape index (κ2) is 12.8. The standard InChI is InChI=1S/C22H34N2O4S/c1-4-5-6-7-8-9-12-24-21(25)19(18-11-10-17-29-18)20(22(24)26)23(13-15-27-2)14-16-28-3/h10-11,17H,4-9,12-16H2,1-3H3. The second-order valence-electron chi connectivity index (χ2n) is 7.20. The second-order valence-corrected chi connectivity index (χ2v) is 8.15. The Morgan fingerprint density at radius 3 is 2.21 bits per heavy atom. The molecule has 29 heavy (non-hydrogen) atoms. The molecule has 1 aromatic rings. The first kappa shape index (κ1) is 23.6. The summed E-state index contributed by atoms with van der Waals surface area (Å²) in [6.07, 6.45) is 6.70. The van der Waals surface area contributed by atoms with Crippen LogP contribution in [0.15, 0.2) is 23.2 Å². The quantitative estimate of drug-likeness (QED) is 0.318. The van der Waals surface area contributed by atoms with Crippen LogP contribution in [0.5, 0.6) is 0 Å². The van der Waals surface area contributed by atoms with E-state index in [-0.39, 0.29) is 11.8 Å². The van der Waals surface area contributed by atoms with Gasteiger partial charge in [0.2, 0.25) is 0 Å². The molecule has 1 aliphatic heterocycles. The molecule has 2 amide bonds. The van der Waals surface area contributed by atoms with Gasteiger partial charge in [0.15, 0.2) is 0 Å². The topological polar surface area (TPSA) is 59.1 Å². The normalized spacial score (nSPS) is 14.4. The number of imide groups is 1. The summed E-state index contributed by atoms with van der Waals surface area (Å²) < 4.78 is 10.5. The number of nitrogens with zero attached hydrogens (tertiary/aromatic N) is 2. The zero-order chi connectivity index (χ0) is 21.1. The maximum absolute atomic E-state index is 13.3. The lowest BCUT2D eigenvalue weighted by Crippen LogP contribution is -2.38. The zero-order valence-corrected chi connectivity index (χ0v) is 18.8. The van der Waals surface area contributed by atoms with E-state index in [0.717, 1.165) is 24.1 Å². The van der Waals surface area contributed by atoms with Crippen molar-refractivity contribution >= 4 is 28.7 Å². The van der Waals surface area contributed by atoms with Gasteiger partial charge in [0.05, 0.1) is 18.8 Å². The maximum Gasteiger partial charge on any atom is 0.277 e. The summed E-state index contributed by atoms with van der Waals surface area (Å²) in [6.45, 7) is 4.69. The molecule has 0 fully saturated rings. The number of ether oxygens (including phenoxy) is 2. The molecule has 7 heteroatoms. The highest BCUT2D eigenvalue weighted by molar-refractivity contribution is 7.11. The molecule has 0 unspecified atom stereocenters. The largest absolute Gasteiger partial charge is 0.383 e. The monoisotopic (exact) mass is 422 g/mol. The summed E-state index contributed by atoms with van der Waals surface area (Å²) in [6, 6.07) is 3.82. The van der Waals surface area contributed by atoms with Gasteiger partial charge in [-0.1, -0.05) is 45.1 Å². The highest BCUT2D eigenvalue weighted by Gasteiger charge is 2.41. The first-order chi connectivity index (χ1) is 14.2. The van der Waals surface area contributed by atoms with Crippen LogP contribution in [0.4, 0.5) is 0 Å². The first-order valence-corrected chi connectivity index (χ1v) is 11.4. The number of rotatable bonds is 15. The van der Waals surface area contributed by atoms with Crippen LogP contribution in [0, 0.1) is 0 Å². The van der Waals surface area contributed by atoms with E-state index in [1.807, 2.05) is 22.4 Å². The fourth-order valence-corrected chi connectivity index (χ4v) is 4.25. The number of hydrogen-bond acceptors (Lipinski definition) is 6. The van der Waals surface area contributed by atoms with Gasteiger partial charge in [-0.05, 0) is 17.9 Å². The van der Waals surface area contributed by atoms with E-state index in [9.17, 15) is 9.59 Å². The van der Waals surface area contributed by atoms with E-state index in [2.05, 4.69) is 6.92 Å². The summed E-state index contributed by atoms with van der Waals surface area (Å²) >= 11 is 1.49. The molecule has 0 saturated carbocycles. The van der Waals surface area contributed by atoms with Crippen LogP contribution in [-0.4, -0.2) is 68.7 Å². The van der Waals surface area contributed by atoms with Crippen molar-refractivity contribution in [3.05, 3.63) is 28.1 Å². The Hall–Kier alpha value is -1.70. The first-order valence-electron chi connectivity index (χ1n) is 10.5. The van der Waals surface area contributed by atoms with Gasteiger partial charge in [-0.15, -0.1) is 11.3 Å². The summed E-state index contributed by atoms with van der Waals surface area (Å²) in [7, 11) is 3.27. The van der Waals surface area contributed by atoms with E-state index >= 15 is 0 Å². The van der Waals surface area contributed by atoms with Gasteiger partial charge in [-0.2, -0.15) is 0 Å². The highest BCUT2D eigenvalue weighted by Crippen LogP contribution is 2.34. The van der Waals surface area contributed by atoms with Crippen LogP contribution in [0.1, 0.15) is 50.3 Å². The van der Waals surface area contributed by atoms with Gasteiger partial charge in [-0.3, -0.25) is 14.5 Å². The molecule has 6 nitrogen and oxygen atoms in total. The van der Waals surface area contributed by atoms with Crippen molar-refractivity contribution < 1.29 is 19.1 Å². The van der Waals surface area contributed by atoms with E-state index in [0.29, 0.717) is 44.1 Å². The summed E-state index contributed by atoms with van der Waals surface area (Å²) in [5.41, 5.74) is 1.00. The molecule has 2 heterocycles. The molecule has 0 saturated heterocycles. The summed E-state index contributed by atoms with van der Waals surface area (Å²) in [5.74, 6) is -0.375. The van der Waals surface area contributed by atoms with Gasteiger partial charge in [-0.25, -0.2) is 0 Å². The maximum atomic E-state index is 13.3. The number of carbonyl (C=O) groups excluding carboxylic acids is 2. The summed E-state index contributed by atoms with van der Waals surface area (Å²) in [5, 5.41) is 1.93. The lowest BCUT2D eigenvalue weighted by molar-refractivity contribution is -0.137. The van der Waals surface area contributed by atoms with Crippen LogP contribution in [0.3, 0.4) is 0 Å². The smallest absolute Gasteiger partial charge is 0.277 e. The molecule has 0 N–H and O–H groups in total. The Morgan fingerprint density at radius 1 is 0.966 bits per heavy atom. The molecule has 1 aliphatic rings. The summed E-state index contributed by atoms with van der Waals surface area (Å²) in [4.78, 5) is 30.7. The third-order valence-electron chi connectivity index (χ3n) is 5.09. The van der Waals surface area contributed by atoms with Crippen LogP contribution in [0.25, 0.3) is 5.57 Å². The molecule has 0 atom stereocenters. The minimum absolute atomic E-state index is 0.180. The number of amides is 2. The molecule has 0 bridgehead atoms. The highest BCUT2D eigenvalue weighted by atomic mass is 32.1. The molecule has 0 spiro atoms.